The van der Waals surface area contributed by atoms with E-state index in [1.54, 1.807) is 60.7 Å². The van der Waals surface area contributed by atoms with Crippen LogP contribution in [0.3, 0.4) is 0 Å². The number of aliphatic hydroxyl groups excluding tert-OH is 1. The second-order valence-electron chi connectivity index (χ2n) is 7.82. The number of halogens is 3. The summed E-state index contributed by atoms with van der Waals surface area (Å²) in [5.41, 5.74) is 0.309. The van der Waals surface area contributed by atoms with Crippen molar-refractivity contribution in [1.82, 2.24) is 15.6 Å². The number of carbonyl (C=O) groups excluding carboxylic acids is 2. The molecule has 4 N–H and O–H groups in total. The maximum absolute atomic E-state index is 14.3. The van der Waals surface area contributed by atoms with Crippen LogP contribution >= 0.6 is 0 Å². The molecule has 172 valence electrons. The van der Waals surface area contributed by atoms with Crippen LogP contribution in [0, 0.1) is 0 Å². The van der Waals surface area contributed by atoms with Crippen molar-refractivity contribution in [2.45, 2.75) is 31.2 Å². The smallest absolute Gasteiger partial charge is 0.389 e. The number of β-amino-alcohol motifs (C(OH)–C–C–N with tert-alkyl or cyclic N) is 1. The molecule has 2 amide bonds. The Kier molecular flexibility index (Phi) is 6.24. The average Bonchev–Trinajstić information content (AvgIpc) is 3.34. The van der Waals surface area contributed by atoms with E-state index in [0.29, 0.717) is 11.1 Å². The lowest BCUT2D eigenvalue weighted by Gasteiger charge is -2.15. The molecule has 0 radical (unpaired) electrons. The first-order valence-electron chi connectivity index (χ1n) is 10.4. The van der Waals surface area contributed by atoms with Gasteiger partial charge < -0.3 is 20.7 Å². The average molecular weight is 457 g/mol. The van der Waals surface area contributed by atoms with E-state index in [1.807, 2.05) is 0 Å². The number of benzene rings is 2. The number of carbonyl (C=O) groups is 2. The Labute approximate surface area is 187 Å². The molecule has 2 aromatic carbocycles. The summed E-state index contributed by atoms with van der Waals surface area (Å²) in [4.78, 5) is 27.1. The molecule has 3 aromatic rings. The van der Waals surface area contributed by atoms with E-state index in [4.69, 9.17) is 0 Å². The van der Waals surface area contributed by atoms with Gasteiger partial charge in [0.1, 0.15) is 12.1 Å². The zero-order chi connectivity index (χ0) is 23.6. The van der Waals surface area contributed by atoms with Gasteiger partial charge >= 0.3 is 6.18 Å². The highest BCUT2D eigenvalue weighted by atomic mass is 19.4. The van der Waals surface area contributed by atoms with E-state index in [2.05, 4.69) is 15.6 Å². The van der Waals surface area contributed by atoms with Crippen LogP contribution in [-0.4, -0.2) is 40.6 Å². The SMILES string of the molecule is O=C(CCc1c(-c2ccccc2)[nH]c(-c2ccccc2)c1C(F)(F)F)N[C@@H]1C(=O)NC[C@H]1O. The Morgan fingerprint density at radius 1 is 1.00 bits per heavy atom. The molecule has 1 saturated heterocycles. The van der Waals surface area contributed by atoms with Crippen molar-refractivity contribution in [2.75, 3.05) is 6.54 Å². The highest BCUT2D eigenvalue weighted by Gasteiger charge is 2.40. The Morgan fingerprint density at radius 2 is 1.58 bits per heavy atom. The molecule has 2 heterocycles. The molecule has 0 spiro atoms. The summed E-state index contributed by atoms with van der Waals surface area (Å²) in [6.07, 6.45) is -6.24. The number of amides is 2. The fourth-order valence-corrected chi connectivity index (χ4v) is 4.03. The van der Waals surface area contributed by atoms with Crippen molar-refractivity contribution in [1.29, 1.82) is 0 Å². The molecular weight excluding hydrogens is 435 g/mol. The number of aromatic amines is 1. The molecule has 0 bridgehead atoms. The fourth-order valence-electron chi connectivity index (χ4n) is 4.03. The Morgan fingerprint density at radius 3 is 2.09 bits per heavy atom. The highest BCUT2D eigenvalue weighted by Crippen LogP contribution is 2.43. The maximum atomic E-state index is 14.3. The number of aromatic nitrogens is 1. The van der Waals surface area contributed by atoms with Gasteiger partial charge in [-0.3, -0.25) is 9.59 Å². The first-order valence-corrected chi connectivity index (χ1v) is 10.4. The van der Waals surface area contributed by atoms with Gasteiger partial charge in [0.25, 0.3) is 0 Å². The number of rotatable bonds is 6. The third-order valence-corrected chi connectivity index (χ3v) is 5.58. The van der Waals surface area contributed by atoms with Crippen molar-refractivity contribution in [3.05, 3.63) is 71.8 Å². The zero-order valence-electron chi connectivity index (χ0n) is 17.4. The molecule has 0 saturated carbocycles. The third kappa shape index (κ3) is 4.78. The number of hydrogen-bond acceptors (Lipinski definition) is 3. The van der Waals surface area contributed by atoms with E-state index in [0.717, 1.165) is 0 Å². The van der Waals surface area contributed by atoms with Crippen molar-refractivity contribution >= 4 is 11.8 Å². The molecular formula is C24H22F3N3O3. The first-order chi connectivity index (χ1) is 15.8. The standard InChI is InChI=1S/C24H22F3N3O3/c25-24(26,27)19-16(11-12-18(32)29-22-17(31)13-28-23(22)33)20(14-7-3-1-4-8-14)30-21(19)15-9-5-2-6-10-15/h1-10,17,22,30-31H,11-13H2,(H,28,33)(H,29,32)/t17-,22+/m1/s1. The Bertz CT molecular complexity index is 1140. The third-order valence-electron chi connectivity index (χ3n) is 5.58. The number of hydrogen-bond donors (Lipinski definition) is 4. The van der Waals surface area contributed by atoms with E-state index in [-0.39, 0.29) is 36.3 Å². The van der Waals surface area contributed by atoms with Crippen LogP contribution in [0.25, 0.3) is 22.5 Å². The van der Waals surface area contributed by atoms with Crippen LogP contribution < -0.4 is 10.6 Å². The van der Waals surface area contributed by atoms with Crippen LogP contribution in [0.4, 0.5) is 13.2 Å². The minimum absolute atomic E-state index is 0.0123. The molecule has 0 aliphatic carbocycles. The summed E-state index contributed by atoms with van der Waals surface area (Å²) in [6, 6.07) is 15.7. The normalized spacial score (nSPS) is 18.2. The van der Waals surface area contributed by atoms with Crippen molar-refractivity contribution < 1.29 is 27.9 Å². The second-order valence-corrected chi connectivity index (χ2v) is 7.82. The Hall–Kier alpha value is -3.59. The molecule has 0 unspecified atom stereocenters. The van der Waals surface area contributed by atoms with Gasteiger partial charge in [0.15, 0.2) is 0 Å². The van der Waals surface area contributed by atoms with E-state index in [9.17, 15) is 27.9 Å². The predicted molar refractivity (Wildman–Crippen MR) is 116 cm³/mol. The molecule has 1 aliphatic heterocycles. The van der Waals surface area contributed by atoms with Gasteiger partial charge in [-0.1, -0.05) is 60.7 Å². The van der Waals surface area contributed by atoms with Gasteiger partial charge in [-0.05, 0) is 23.1 Å². The number of H-pyrrole nitrogens is 1. The predicted octanol–water partition coefficient (Wildman–Crippen LogP) is 3.28. The first kappa shape index (κ1) is 22.6. The minimum Gasteiger partial charge on any atom is -0.389 e. The number of alkyl halides is 3. The molecule has 33 heavy (non-hydrogen) atoms. The van der Waals surface area contributed by atoms with Crippen LogP contribution in [0.2, 0.25) is 0 Å². The topological polar surface area (TPSA) is 94.2 Å². The van der Waals surface area contributed by atoms with Crippen LogP contribution in [0.15, 0.2) is 60.7 Å². The summed E-state index contributed by atoms with van der Waals surface area (Å²) in [5.74, 6) is -1.14. The van der Waals surface area contributed by atoms with Gasteiger partial charge in [-0.25, -0.2) is 0 Å². The zero-order valence-corrected chi connectivity index (χ0v) is 17.4. The summed E-state index contributed by atoms with van der Waals surface area (Å²) < 4.78 is 42.8. The van der Waals surface area contributed by atoms with E-state index in [1.165, 1.54) is 0 Å². The summed E-state index contributed by atoms with van der Waals surface area (Å²) in [6.45, 7) is 0.0123. The van der Waals surface area contributed by atoms with E-state index < -0.39 is 35.7 Å². The van der Waals surface area contributed by atoms with Crippen molar-refractivity contribution in [3.63, 3.8) is 0 Å². The van der Waals surface area contributed by atoms with Gasteiger partial charge in [-0.2, -0.15) is 13.2 Å². The lowest BCUT2D eigenvalue weighted by Crippen LogP contribution is -2.45. The number of nitrogens with one attached hydrogen (secondary N) is 3. The largest absolute Gasteiger partial charge is 0.418 e. The van der Waals surface area contributed by atoms with Crippen LogP contribution in [0.5, 0.6) is 0 Å². The van der Waals surface area contributed by atoms with Gasteiger partial charge in [-0.15, -0.1) is 0 Å². The van der Waals surface area contributed by atoms with Gasteiger partial charge in [0.2, 0.25) is 11.8 Å². The molecule has 1 aliphatic rings. The molecule has 1 aromatic heterocycles. The van der Waals surface area contributed by atoms with E-state index >= 15 is 0 Å². The molecule has 1 fully saturated rings. The van der Waals surface area contributed by atoms with Crippen molar-refractivity contribution in [3.8, 4) is 22.5 Å². The molecule has 6 nitrogen and oxygen atoms in total. The fraction of sp³-hybridized carbons (Fsp3) is 0.250. The lowest BCUT2D eigenvalue weighted by atomic mass is 9.97. The van der Waals surface area contributed by atoms with Crippen LogP contribution in [0.1, 0.15) is 17.5 Å². The minimum atomic E-state index is -4.66. The Balaban J connectivity index is 1.71. The summed E-state index contributed by atoms with van der Waals surface area (Å²) >= 11 is 0. The molecule has 4 rings (SSSR count). The highest BCUT2D eigenvalue weighted by molar-refractivity contribution is 5.90. The lowest BCUT2D eigenvalue weighted by molar-refractivity contribution is -0.137. The maximum Gasteiger partial charge on any atom is 0.418 e. The summed E-state index contributed by atoms with van der Waals surface area (Å²) in [7, 11) is 0. The van der Waals surface area contributed by atoms with Crippen molar-refractivity contribution in [2.24, 2.45) is 0 Å². The van der Waals surface area contributed by atoms with Crippen LogP contribution in [-0.2, 0) is 22.2 Å². The van der Waals surface area contributed by atoms with Gasteiger partial charge in [0, 0.05) is 18.7 Å². The second kappa shape index (κ2) is 9.11. The summed E-state index contributed by atoms with van der Waals surface area (Å²) in [5, 5.41) is 14.6. The monoisotopic (exact) mass is 457 g/mol. The number of aliphatic hydroxyl groups is 1. The molecule has 2 atom stereocenters. The van der Waals surface area contributed by atoms with Gasteiger partial charge in [0.05, 0.1) is 11.3 Å². The quantitative estimate of drug-likeness (QED) is 0.458. The molecule has 9 heteroatoms.